The van der Waals surface area contributed by atoms with Gasteiger partial charge in [-0.15, -0.1) is 4.40 Å². The van der Waals surface area contributed by atoms with Crippen LogP contribution in [0.25, 0.3) is 0 Å². The van der Waals surface area contributed by atoms with Gasteiger partial charge in [-0.2, -0.15) is 8.42 Å². The van der Waals surface area contributed by atoms with Crippen molar-refractivity contribution in [3.8, 4) is 5.75 Å². The highest BCUT2D eigenvalue weighted by Crippen LogP contribution is 2.29. The van der Waals surface area contributed by atoms with Gasteiger partial charge < -0.3 is 4.74 Å². The smallest absolute Gasteiger partial charge is 0.284 e. The summed E-state index contributed by atoms with van der Waals surface area (Å²) in [7, 11) is -4.06. The van der Waals surface area contributed by atoms with Gasteiger partial charge in [0.15, 0.2) is 5.17 Å². The van der Waals surface area contributed by atoms with Gasteiger partial charge in [-0.3, -0.25) is 9.69 Å². The van der Waals surface area contributed by atoms with Crippen LogP contribution >= 0.6 is 11.8 Å². The van der Waals surface area contributed by atoms with Crippen LogP contribution in [0.15, 0.2) is 57.8 Å². The van der Waals surface area contributed by atoms with E-state index in [0.29, 0.717) is 18.0 Å². The summed E-state index contributed by atoms with van der Waals surface area (Å²) in [4.78, 5) is 13.3. The van der Waals surface area contributed by atoms with Gasteiger partial charge in [-0.1, -0.05) is 11.8 Å². The molecule has 0 atom stereocenters. The van der Waals surface area contributed by atoms with Crippen molar-refractivity contribution in [3.63, 3.8) is 0 Å². The van der Waals surface area contributed by atoms with Crippen molar-refractivity contribution in [2.75, 3.05) is 17.3 Å². The lowest BCUT2D eigenvalue weighted by Crippen LogP contribution is -2.29. The van der Waals surface area contributed by atoms with Crippen molar-refractivity contribution in [2.24, 2.45) is 4.40 Å². The first kappa shape index (κ1) is 18.4. The number of benzene rings is 2. The standard InChI is InChI=1S/C17H15FN2O4S2/c1-2-24-14-7-5-13(6-8-14)20-16(21)11-25-17(20)19-26(22,23)15-9-3-12(18)4-10-15/h3-10H,2,11H2,1H3/b19-17+. The highest BCUT2D eigenvalue weighted by Gasteiger charge is 2.31. The molecule has 0 aromatic heterocycles. The number of amides is 1. The summed E-state index contributed by atoms with van der Waals surface area (Å²) in [5.41, 5.74) is 0.497. The summed E-state index contributed by atoms with van der Waals surface area (Å²) in [5.74, 6) is -0.0800. The van der Waals surface area contributed by atoms with Gasteiger partial charge >= 0.3 is 0 Å². The summed E-state index contributed by atoms with van der Waals surface area (Å²) in [5, 5.41) is 0.0588. The molecule has 3 rings (SSSR count). The minimum atomic E-state index is -4.06. The van der Waals surface area contributed by atoms with Crippen LogP contribution in [0.1, 0.15) is 6.92 Å². The fourth-order valence-corrected chi connectivity index (χ4v) is 4.40. The van der Waals surface area contributed by atoms with E-state index < -0.39 is 15.8 Å². The lowest BCUT2D eigenvalue weighted by atomic mass is 10.3. The molecule has 0 unspecified atom stereocenters. The second kappa shape index (κ2) is 7.46. The van der Waals surface area contributed by atoms with E-state index >= 15 is 0 Å². The molecule has 26 heavy (non-hydrogen) atoms. The zero-order chi connectivity index (χ0) is 18.7. The third-order valence-electron chi connectivity index (χ3n) is 3.48. The van der Waals surface area contributed by atoms with E-state index in [1.54, 1.807) is 24.3 Å². The van der Waals surface area contributed by atoms with Gasteiger partial charge in [0, 0.05) is 0 Å². The molecule has 2 aromatic carbocycles. The topological polar surface area (TPSA) is 76.0 Å². The van der Waals surface area contributed by atoms with E-state index in [-0.39, 0.29) is 21.7 Å². The normalized spacial score (nSPS) is 16.3. The molecule has 0 saturated carbocycles. The molecular formula is C17H15FN2O4S2. The molecule has 1 aliphatic rings. The molecule has 1 heterocycles. The van der Waals surface area contributed by atoms with Gasteiger partial charge in [0.05, 0.1) is 22.9 Å². The maximum absolute atomic E-state index is 13.0. The van der Waals surface area contributed by atoms with E-state index in [0.717, 1.165) is 36.0 Å². The van der Waals surface area contributed by atoms with Crippen LogP contribution in [0.2, 0.25) is 0 Å². The molecule has 0 N–H and O–H groups in total. The molecule has 0 aliphatic carbocycles. The summed E-state index contributed by atoms with van der Waals surface area (Å²) in [6, 6.07) is 11.1. The number of rotatable bonds is 5. The number of sulfonamides is 1. The maximum atomic E-state index is 13.0. The fraction of sp³-hybridized carbons (Fsp3) is 0.176. The number of hydrogen-bond acceptors (Lipinski definition) is 5. The molecule has 6 nitrogen and oxygen atoms in total. The maximum Gasteiger partial charge on any atom is 0.284 e. The van der Waals surface area contributed by atoms with E-state index in [1.165, 1.54) is 4.90 Å². The van der Waals surface area contributed by atoms with Gasteiger partial charge in [-0.25, -0.2) is 4.39 Å². The Morgan fingerprint density at radius 2 is 1.81 bits per heavy atom. The summed E-state index contributed by atoms with van der Waals surface area (Å²) < 4.78 is 47.0. The third-order valence-corrected chi connectivity index (χ3v) is 5.80. The van der Waals surface area contributed by atoms with Crippen molar-refractivity contribution in [1.29, 1.82) is 0 Å². The van der Waals surface area contributed by atoms with E-state index in [9.17, 15) is 17.6 Å². The number of nitrogens with zero attached hydrogens (tertiary/aromatic N) is 2. The molecule has 1 aliphatic heterocycles. The van der Waals surface area contributed by atoms with E-state index in [1.807, 2.05) is 6.92 Å². The highest BCUT2D eigenvalue weighted by atomic mass is 32.2. The zero-order valence-corrected chi connectivity index (χ0v) is 15.4. The highest BCUT2D eigenvalue weighted by molar-refractivity contribution is 8.16. The Bertz CT molecular complexity index is 942. The molecule has 1 amide bonds. The molecule has 1 saturated heterocycles. The molecule has 0 radical (unpaired) electrons. The quantitative estimate of drug-likeness (QED) is 0.779. The van der Waals surface area contributed by atoms with Crippen LogP contribution in [-0.2, 0) is 14.8 Å². The Hall–Kier alpha value is -2.39. The predicted octanol–water partition coefficient (Wildman–Crippen LogP) is 3.05. The van der Waals surface area contributed by atoms with Crippen LogP contribution in [0, 0.1) is 5.82 Å². The lowest BCUT2D eigenvalue weighted by Gasteiger charge is -2.16. The van der Waals surface area contributed by atoms with Crippen LogP contribution in [0.5, 0.6) is 5.75 Å². The minimum absolute atomic E-state index is 0.0588. The number of carbonyl (C=O) groups is 1. The Labute approximate surface area is 154 Å². The molecule has 136 valence electrons. The predicted molar refractivity (Wildman–Crippen MR) is 98.6 cm³/mol. The lowest BCUT2D eigenvalue weighted by molar-refractivity contribution is -0.115. The Balaban J connectivity index is 1.94. The summed E-state index contributed by atoms with van der Waals surface area (Å²) >= 11 is 1.03. The first-order chi connectivity index (χ1) is 12.4. The number of carbonyl (C=O) groups excluding carboxylic acids is 1. The van der Waals surface area contributed by atoms with Crippen molar-refractivity contribution in [1.82, 2.24) is 0 Å². The molecule has 9 heteroatoms. The van der Waals surface area contributed by atoms with Crippen molar-refractivity contribution in [3.05, 3.63) is 54.3 Å². The monoisotopic (exact) mass is 394 g/mol. The molecular weight excluding hydrogens is 379 g/mol. The van der Waals surface area contributed by atoms with Gasteiger partial charge in [0.2, 0.25) is 5.91 Å². The summed E-state index contributed by atoms with van der Waals surface area (Å²) in [6.45, 7) is 2.38. The van der Waals surface area contributed by atoms with Crippen LogP contribution < -0.4 is 9.64 Å². The number of anilines is 1. The van der Waals surface area contributed by atoms with Gasteiger partial charge in [0.1, 0.15) is 11.6 Å². The number of halogens is 1. The second-order valence-corrected chi connectivity index (χ2v) is 7.79. The average molecular weight is 394 g/mol. The molecule has 1 fully saturated rings. The van der Waals surface area contributed by atoms with Crippen molar-refractivity contribution >= 4 is 38.5 Å². The van der Waals surface area contributed by atoms with Crippen LogP contribution in [0.4, 0.5) is 10.1 Å². The first-order valence-corrected chi connectivity index (χ1v) is 10.1. The average Bonchev–Trinajstić information content (AvgIpc) is 2.96. The number of thioether (sulfide) groups is 1. The zero-order valence-electron chi connectivity index (χ0n) is 13.8. The molecule has 2 aromatic rings. The van der Waals surface area contributed by atoms with Gasteiger partial charge in [-0.05, 0) is 55.5 Å². The largest absolute Gasteiger partial charge is 0.494 e. The van der Waals surface area contributed by atoms with Gasteiger partial charge in [0.25, 0.3) is 10.0 Å². The Morgan fingerprint density at radius 3 is 2.42 bits per heavy atom. The molecule has 0 bridgehead atoms. The van der Waals surface area contributed by atoms with E-state index in [2.05, 4.69) is 4.40 Å². The number of amidine groups is 1. The second-order valence-electron chi connectivity index (χ2n) is 5.25. The number of hydrogen-bond donors (Lipinski definition) is 0. The van der Waals surface area contributed by atoms with Crippen LogP contribution in [-0.4, -0.2) is 31.9 Å². The van der Waals surface area contributed by atoms with Crippen LogP contribution in [0.3, 0.4) is 0 Å². The Morgan fingerprint density at radius 1 is 1.15 bits per heavy atom. The fourth-order valence-electron chi connectivity index (χ4n) is 2.30. The SMILES string of the molecule is CCOc1ccc(N2C(=O)CS/C2=N/S(=O)(=O)c2ccc(F)cc2)cc1. The van der Waals surface area contributed by atoms with E-state index in [4.69, 9.17) is 4.74 Å². The third kappa shape index (κ3) is 3.88. The number of ether oxygens (including phenoxy) is 1. The molecule has 0 spiro atoms. The minimum Gasteiger partial charge on any atom is -0.494 e. The van der Waals surface area contributed by atoms with Crippen molar-refractivity contribution < 1.29 is 22.3 Å². The Kier molecular flexibility index (Phi) is 5.28. The van der Waals surface area contributed by atoms with Crippen molar-refractivity contribution in [2.45, 2.75) is 11.8 Å². The first-order valence-electron chi connectivity index (χ1n) is 7.70. The summed E-state index contributed by atoms with van der Waals surface area (Å²) in [6.07, 6.45) is 0.